The Morgan fingerprint density at radius 1 is 1.32 bits per heavy atom. The maximum absolute atomic E-state index is 12.9. The highest BCUT2D eigenvalue weighted by Gasteiger charge is 2.30. The van der Waals surface area contributed by atoms with Crippen molar-refractivity contribution in [3.05, 3.63) is 52.5 Å². The molecule has 160 valence electrons. The second-order valence-corrected chi connectivity index (χ2v) is 7.55. The number of alkyl halides is 3. The van der Waals surface area contributed by atoms with E-state index in [1.54, 1.807) is 18.4 Å². The number of carbonyl (C=O) groups excluding carboxylic acids is 1. The molecule has 0 aliphatic heterocycles. The zero-order chi connectivity index (χ0) is 22.2. The van der Waals surface area contributed by atoms with E-state index < -0.39 is 18.7 Å². The van der Waals surface area contributed by atoms with Crippen molar-refractivity contribution < 1.29 is 22.7 Å². The number of hydrogen-bond acceptors (Lipinski definition) is 7. The maximum atomic E-state index is 12.9. The predicted octanol–water partition coefficient (Wildman–Crippen LogP) is 4.76. The lowest BCUT2D eigenvalue weighted by molar-refractivity contribution is -0.127. The van der Waals surface area contributed by atoms with Crippen LogP contribution >= 0.6 is 22.9 Å². The van der Waals surface area contributed by atoms with E-state index >= 15 is 0 Å². The topological polar surface area (TPSA) is 94.8 Å². The number of amides is 1. The van der Waals surface area contributed by atoms with Crippen molar-refractivity contribution in [2.24, 2.45) is 0 Å². The van der Waals surface area contributed by atoms with Gasteiger partial charge in [-0.1, -0.05) is 11.6 Å². The van der Waals surface area contributed by atoms with Crippen LogP contribution in [0.15, 0.2) is 36.1 Å². The molecule has 4 rings (SSSR count). The average Bonchev–Trinajstić information content (AvgIpc) is 3.27. The summed E-state index contributed by atoms with van der Waals surface area (Å²) in [6, 6.07) is 3.08. The smallest absolute Gasteiger partial charge is 0.406 e. The molecule has 4 aromatic heterocycles. The molecule has 0 fully saturated rings. The van der Waals surface area contributed by atoms with Gasteiger partial charge in [0.25, 0.3) is 0 Å². The van der Waals surface area contributed by atoms with Crippen molar-refractivity contribution in [2.75, 3.05) is 5.43 Å². The molecule has 0 saturated heterocycles. The fourth-order valence-corrected chi connectivity index (χ4v) is 3.68. The van der Waals surface area contributed by atoms with Gasteiger partial charge in [0.15, 0.2) is 16.6 Å². The third-order valence-corrected chi connectivity index (χ3v) is 5.20. The van der Waals surface area contributed by atoms with E-state index in [0.29, 0.717) is 27.2 Å². The third kappa shape index (κ3) is 4.75. The summed E-state index contributed by atoms with van der Waals surface area (Å²) in [4.78, 5) is 28.8. The van der Waals surface area contributed by atoms with Crippen molar-refractivity contribution in [1.82, 2.24) is 24.6 Å². The van der Waals surface area contributed by atoms with Crippen LogP contribution in [0.1, 0.15) is 11.3 Å². The van der Waals surface area contributed by atoms with Crippen LogP contribution in [0.4, 0.5) is 18.0 Å². The zero-order valence-electron chi connectivity index (χ0n) is 15.6. The Bertz CT molecular complexity index is 1270. The van der Waals surface area contributed by atoms with E-state index in [9.17, 15) is 18.0 Å². The molecule has 0 aromatic carbocycles. The molecule has 1 amide bonds. The first-order valence-electron chi connectivity index (χ1n) is 8.65. The largest absolute Gasteiger partial charge is 0.432 e. The molecule has 13 heteroatoms. The molecule has 0 bridgehead atoms. The molecule has 8 nitrogen and oxygen atoms in total. The van der Waals surface area contributed by atoms with Gasteiger partial charge in [0.05, 0.1) is 29.3 Å². The molecular weight excluding hydrogens is 457 g/mol. The van der Waals surface area contributed by atoms with Crippen LogP contribution < -0.4 is 10.2 Å². The molecule has 1 N–H and O–H groups in total. The molecule has 0 unspecified atom stereocenters. The fourth-order valence-electron chi connectivity index (χ4n) is 2.80. The highest BCUT2D eigenvalue weighted by molar-refractivity contribution is 7.13. The van der Waals surface area contributed by atoms with E-state index in [4.69, 9.17) is 16.3 Å². The number of aromatic nitrogens is 5. The number of ether oxygens (including phenoxy) is 1. The Hall–Kier alpha value is -3.25. The SMILES string of the molecule is Cc1nc(-c2nc(Cl)cs2)ncc1OC(=O)Nn1cc(CC(F)(F)F)c2ncccc21. The number of fused-ring (bicyclic) bond motifs is 1. The first kappa shape index (κ1) is 21.0. The summed E-state index contributed by atoms with van der Waals surface area (Å²) in [6.07, 6.45) is -2.70. The van der Waals surface area contributed by atoms with Crippen LogP contribution in [-0.2, 0) is 6.42 Å². The number of nitrogens with one attached hydrogen (secondary N) is 1. The summed E-state index contributed by atoms with van der Waals surface area (Å²) >= 11 is 7.07. The number of thiazole rings is 1. The van der Waals surface area contributed by atoms with Gasteiger partial charge < -0.3 is 4.74 Å². The summed E-state index contributed by atoms with van der Waals surface area (Å²) in [6.45, 7) is 1.61. The van der Waals surface area contributed by atoms with Gasteiger partial charge in [-0.3, -0.25) is 9.66 Å². The molecule has 0 spiro atoms. The van der Waals surface area contributed by atoms with Gasteiger partial charge in [-0.05, 0) is 19.1 Å². The Balaban J connectivity index is 1.53. The van der Waals surface area contributed by atoms with Gasteiger partial charge in [-0.15, -0.1) is 11.3 Å². The highest BCUT2D eigenvalue weighted by atomic mass is 35.5. The standard InChI is InChI=1S/C18H12ClF3N6O2S/c1-9-12(6-24-15(25-9)16-26-13(19)8-31-16)30-17(29)27-28-7-10(5-18(20,21)22)14-11(28)3-2-4-23-14/h2-4,6-8H,5H2,1H3,(H,27,29). The summed E-state index contributed by atoms with van der Waals surface area (Å²) < 4.78 is 44.9. The second-order valence-electron chi connectivity index (χ2n) is 6.31. The molecule has 0 radical (unpaired) electrons. The van der Waals surface area contributed by atoms with Gasteiger partial charge in [-0.2, -0.15) is 13.2 Å². The summed E-state index contributed by atoms with van der Waals surface area (Å²) in [7, 11) is 0. The van der Waals surface area contributed by atoms with Crippen LogP contribution in [0.3, 0.4) is 0 Å². The molecule has 31 heavy (non-hydrogen) atoms. The minimum Gasteiger partial charge on any atom is -0.406 e. The van der Waals surface area contributed by atoms with E-state index in [1.807, 2.05) is 0 Å². The molecule has 0 aliphatic carbocycles. The number of pyridine rings is 1. The molecule has 0 saturated carbocycles. The molecule has 4 aromatic rings. The third-order valence-electron chi connectivity index (χ3n) is 4.04. The van der Waals surface area contributed by atoms with Gasteiger partial charge in [0.2, 0.25) is 0 Å². The zero-order valence-corrected chi connectivity index (χ0v) is 17.2. The Labute approximate surface area is 181 Å². The van der Waals surface area contributed by atoms with Gasteiger partial charge in [0.1, 0.15) is 5.15 Å². The van der Waals surface area contributed by atoms with Crippen molar-refractivity contribution in [1.29, 1.82) is 0 Å². The maximum Gasteiger partial charge on any atom is 0.432 e. The van der Waals surface area contributed by atoms with Gasteiger partial charge in [0, 0.05) is 23.3 Å². The lowest BCUT2D eigenvalue weighted by atomic mass is 10.2. The van der Waals surface area contributed by atoms with Crippen molar-refractivity contribution in [3.8, 4) is 16.6 Å². The Morgan fingerprint density at radius 2 is 2.13 bits per heavy atom. The first-order chi connectivity index (χ1) is 14.7. The number of aryl methyl sites for hydroxylation is 1. The number of nitrogens with zero attached hydrogens (tertiary/aromatic N) is 5. The van der Waals surface area contributed by atoms with Crippen LogP contribution in [0, 0.1) is 6.92 Å². The quantitative estimate of drug-likeness (QED) is 0.464. The second kappa shape index (κ2) is 8.12. The van der Waals surface area contributed by atoms with Crippen LogP contribution in [0.2, 0.25) is 5.15 Å². The number of rotatable bonds is 4. The van der Waals surface area contributed by atoms with Crippen LogP contribution in [-0.4, -0.2) is 36.9 Å². The predicted molar refractivity (Wildman–Crippen MR) is 108 cm³/mol. The summed E-state index contributed by atoms with van der Waals surface area (Å²) in [5.74, 6) is 0.399. The van der Waals surface area contributed by atoms with Gasteiger partial charge >= 0.3 is 12.3 Å². The number of carbonyl (C=O) groups is 1. The number of halogens is 4. The van der Waals surface area contributed by atoms with E-state index in [1.165, 1.54) is 29.8 Å². The minimum atomic E-state index is -4.42. The average molecular weight is 469 g/mol. The first-order valence-corrected chi connectivity index (χ1v) is 9.91. The van der Waals surface area contributed by atoms with Crippen molar-refractivity contribution >= 4 is 40.1 Å². The highest BCUT2D eigenvalue weighted by Crippen LogP contribution is 2.27. The Morgan fingerprint density at radius 3 is 2.81 bits per heavy atom. The van der Waals surface area contributed by atoms with Crippen molar-refractivity contribution in [2.45, 2.75) is 19.5 Å². The molecule has 0 aliphatic rings. The van der Waals surface area contributed by atoms with Crippen LogP contribution in [0.5, 0.6) is 5.75 Å². The summed E-state index contributed by atoms with van der Waals surface area (Å²) in [5, 5.41) is 2.46. The summed E-state index contributed by atoms with van der Waals surface area (Å²) in [5.41, 5.74) is 3.10. The van der Waals surface area contributed by atoms with Gasteiger partial charge in [-0.25, -0.2) is 25.2 Å². The number of hydrogen-bond donors (Lipinski definition) is 1. The van der Waals surface area contributed by atoms with Crippen molar-refractivity contribution in [3.63, 3.8) is 0 Å². The lowest BCUT2D eigenvalue weighted by Crippen LogP contribution is -2.25. The Kier molecular flexibility index (Phi) is 5.50. The fraction of sp³-hybridized carbons (Fsp3) is 0.167. The minimum absolute atomic E-state index is 0.0747. The molecule has 4 heterocycles. The monoisotopic (exact) mass is 468 g/mol. The van der Waals surface area contributed by atoms with E-state index in [0.717, 1.165) is 10.9 Å². The normalized spacial score (nSPS) is 11.6. The molecule has 0 atom stereocenters. The van der Waals surface area contributed by atoms with E-state index in [-0.39, 0.29) is 16.8 Å². The lowest BCUT2D eigenvalue weighted by Gasteiger charge is -2.10. The van der Waals surface area contributed by atoms with E-state index in [2.05, 4.69) is 25.4 Å². The molecular formula is C18H12ClF3N6O2S. The van der Waals surface area contributed by atoms with Crippen LogP contribution in [0.25, 0.3) is 21.9 Å².